The van der Waals surface area contributed by atoms with Gasteiger partial charge in [-0.25, -0.2) is 0 Å². The fraction of sp³-hybridized carbons (Fsp3) is 0.571. The first-order chi connectivity index (χ1) is 7.79. The van der Waals surface area contributed by atoms with Crippen molar-refractivity contribution in [2.75, 3.05) is 12.3 Å². The fourth-order valence-corrected chi connectivity index (χ4v) is 2.63. The van der Waals surface area contributed by atoms with Crippen molar-refractivity contribution in [1.82, 2.24) is 4.90 Å². The zero-order valence-corrected chi connectivity index (χ0v) is 10.2. The topological polar surface area (TPSA) is 29.3 Å². The van der Waals surface area contributed by atoms with Crippen molar-refractivity contribution in [3.8, 4) is 0 Å². The van der Waals surface area contributed by atoms with Crippen molar-refractivity contribution in [2.45, 2.75) is 45.2 Å². The van der Waals surface area contributed by atoms with E-state index in [0.717, 1.165) is 24.8 Å². The molecule has 1 aromatic rings. The molecular weight excluding hydrogens is 196 g/mol. The molecule has 0 spiro atoms. The summed E-state index contributed by atoms with van der Waals surface area (Å²) in [6, 6.07) is 9.10. The maximum absolute atomic E-state index is 5.70. The molecule has 0 saturated heterocycles. The standard InChI is InChI=1S/C14H22N2/c1-2-16(14-5-3-4-6-14)11-12-7-9-13(15)10-8-12/h7-10,14H,2-6,11,15H2,1H3. The van der Waals surface area contributed by atoms with E-state index in [1.54, 1.807) is 0 Å². The van der Waals surface area contributed by atoms with E-state index in [1.165, 1.54) is 31.2 Å². The molecule has 0 aromatic heterocycles. The van der Waals surface area contributed by atoms with Gasteiger partial charge in [-0.05, 0) is 37.1 Å². The van der Waals surface area contributed by atoms with Crippen molar-refractivity contribution in [1.29, 1.82) is 0 Å². The lowest BCUT2D eigenvalue weighted by molar-refractivity contribution is 0.200. The Morgan fingerprint density at radius 3 is 2.38 bits per heavy atom. The number of benzene rings is 1. The normalized spacial score (nSPS) is 17.1. The molecule has 0 bridgehead atoms. The second-order valence-electron chi connectivity index (χ2n) is 4.74. The monoisotopic (exact) mass is 218 g/mol. The van der Waals surface area contributed by atoms with Gasteiger partial charge in [0.1, 0.15) is 0 Å². The molecule has 88 valence electrons. The smallest absolute Gasteiger partial charge is 0.0314 e. The summed E-state index contributed by atoms with van der Waals surface area (Å²) in [7, 11) is 0. The predicted octanol–water partition coefficient (Wildman–Crippen LogP) is 3.03. The van der Waals surface area contributed by atoms with Gasteiger partial charge in [-0.15, -0.1) is 0 Å². The van der Waals surface area contributed by atoms with Gasteiger partial charge in [0.25, 0.3) is 0 Å². The molecule has 0 aliphatic heterocycles. The first-order valence-corrected chi connectivity index (χ1v) is 6.38. The van der Waals surface area contributed by atoms with E-state index in [1.807, 2.05) is 12.1 Å². The van der Waals surface area contributed by atoms with Gasteiger partial charge in [-0.2, -0.15) is 0 Å². The SMILES string of the molecule is CCN(Cc1ccc(N)cc1)C1CCCC1. The van der Waals surface area contributed by atoms with Crippen LogP contribution < -0.4 is 5.73 Å². The highest BCUT2D eigenvalue weighted by Crippen LogP contribution is 2.24. The fourth-order valence-electron chi connectivity index (χ4n) is 2.63. The van der Waals surface area contributed by atoms with Crippen LogP contribution in [0.4, 0.5) is 5.69 Å². The molecule has 1 aliphatic carbocycles. The van der Waals surface area contributed by atoms with E-state index in [0.29, 0.717) is 0 Å². The minimum Gasteiger partial charge on any atom is -0.399 e. The van der Waals surface area contributed by atoms with Gasteiger partial charge in [0.2, 0.25) is 0 Å². The number of nitrogen functional groups attached to an aromatic ring is 1. The Bertz CT molecular complexity index is 312. The van der Waals surface area contributed by atoms with Crippen molar-refractivity contribution >= 4 is 5.69 Å². The maximum atomic E-state index is 5.70. The lowest BCUT2D eigenvalue weighted by Gasteiger charge is -2.27. The van der Waals surface area contributed by atoms with E-state index in [4.69, 9.17) is 5.73 Å². The number of hydrogen-bond donors (Lipinski definition) is 1. The average molecular weight is 218 g/mol. The summed E-state index contributed by atoms with van der Waals surface area (Å²) in [6.07, 6.45) is 5.57. The summed E-state index contributed by atoms with van der Waals surface area (Å²) in [4.78, 5) is 2.60. The third-order valence-electron chi connectivity index (χ3n) is 3.61. The number of nitrogens with zero attached hydrogens (tertiary/aromatic N) is 1. The lowest BCUT2D eigenvalue weighted by atomic mass is 10.1. The van der Waals surface area contributed by atoms with Crippen LogP contribution in [0.15, 0.2) is 24.3 Å². The third-order valence-corrected chi connectivity index (χ3v) is 3.61. The molecule has 2 N–H and O–H groups in total. The van der Waals surface area contributed by atoms with E-state index in [2.05, 4.69) is 24.0 Å². The summed E-state index contributed by atoms with van der Waals surface area (Å²) in [6.45, 7) is 4.48. The van der Waals surface area contributed by atoms with Crippen LogP contribution in [0.2, 0.25) is 0 Å². The molecule has 2 rings (SSSR count). The van der Waals surface area contributed by atoms with Crippen molar-refractivity contribution < 1.29 is 0 Å². The molecule has 1 saturated carbocycles. The number of nitrogens with two attached hydrogens (primary N) is 1. The molecule has 0 unspecified atom stereocenters. The van der Waals surface area contributed by atoms with Gasteiger partial charge in [-0.3, -0.25) is 4.90 Å². The largest absolute Gasteiger partial charge is 0.399 e. The second-order valence-corrected chi connectivity index (χ2v) is 4.74. The van der Waals surface area contributed by atoms with Crippen LogP contribution in [0.5, 0.6) is 0 Å². The van der Waals surface area contributed by atoms with E-state index >= 15 is 0 Å². The van der Waals surface area contributed by atoms with Crippen molar-refractivity contribution in [3.63, 3.8) is 0 Å². The van der Waals surface area contributed by atoms with Gasteiger partial charge < -0.3 is 5.73 Å². The molecular formula is C14H22N2. The van der Waals surface area contributed by atoms with E-state index < -0.39 is 0 Å². The highest BCUT2D eigenvalue weighted by atomic mass is 15.1. The Morgan fingerprint density at radius 2 is 1.81 bits per heavy atom. The number of anilines is 1. The number of hydrogen-bond acceptors (Lipinski definition) is 2. The minimum absolute atomic E-state index is 0.808. The molecule has 0 heterocycles. The summed E-state index contributed by atoms with van der Waals surface area (Å²) in [5.74, 6) is 0. The first-order valence-electron chi connectivity index (χ1n) is 6.38. The average Bonchev–Trinajstić information content (AvgIpc) is 2.82. The van der Waals surface area contributed by atoms with Crippen LogP contribution in [0.1, 0.15) is 38.2 Å². The maximum Gasteiger partial charge on any atom is 0.0314 e. The Labute approximate surface area is 98.4 Å². The van der Waals surface area contributed by atoms with Crippen molar-refractivity contribution in [2.24, 2.45) is 0 Å². The van der Waals surface area contributed by atoms with Gasteiger partial charge >= 0.3 is 0 Å². The van der Waals surface area contributed by atoms with Crippen LogP contribution in [0.25, 0.3) is 0 Å². The minimum atomic E-state index is 0.808. The zero-order chi connectivity index (χ0) is 11.4. The lowest BCUT2D eigenvalue weighted by Crippen LogP contribution is -2.32. The number of rotatable bonds is 4. The highest BCUT2D eigenvalue weighted by Gasteiger charge is 2.20. The predicted molar refractivity (Wildman–Crippen MR) is 69.2 cm³/mol. The molecule has 1 fully saturated rings. The van der Waals surface area contributed by atoms with Crippen LogP contribution in [0, 0.1) is 0 Å². The summed E-state index contributed by atoms with van der Waals surface area (Å²) in [5, 5.41) is 0. The zero-order valence-electron chi connectivity index (χ0n) is 10.2. The van der Waals surface area contributed by atoms with Crippen molar-refractivity contribution in [3.05, 3.63) is 29.8 Å². The Kier molecular flexibility index (Phi) is 3.83. The van der Waals surface area contributed by atoms with Gasteiger partial charge in [0, 0.05) is 18.3 Å². The molecule has 0 atom stereocenters. The van der Waals surface area contributed by atoms with Gasteiger partial charge in [0.15, 0.2) is 0 Å². The highest BCUT2D eigenvalue weighted by molar-refractivity contribution is 5.39. The summed E-state index contributed by atoms with van der Waals surface area (Å²) in [5.41, 5.74) is 7.93. The second kappa shape index (κ2) is 5.35. The van der Waals surface area contributed by atoms with E-state index in [9.17, 15) is 0 Å². The Hall–Kier alpha value is -1.02. The van der Waals surface area contributed by atoms with E-state index in [-0.39, 0.29) is 0 Å². The Balaban J connectivity index is 1.97. The summed E-state index contributed by atoms with van der Waals surface area (Å²) < 4.78 is 0. The van der Waals surface area contributed by atoms with Crippen LogP contribution in [0.3, 0.4) is 0 Å². The van der Waals surface area contributed by atoms with Gasteiger partial charge in [-0.1, -0.05) is 31.9 Å². The molecule has 16 heavy (non-hydrogen) atoms. The van der Waals surface area contributed by atoms with Crippen LogP contribution >= 0.6 is 0 Å². The molecule has 2 nitrogen and oxygen atoms in total. The molecule has 1 aromatic carbocycles. The Morgan fingerprint density at radius 1 is 1.19 bits per heavy atom. The summed E-state index contributed by atoms with van der Waals surface area (Å²) >= 11 is 0. The van der Waals surface area contributed by atoms with Crippen LogP contribution in [-0.4, -0.2) is 17.5 Å². The first kappa shape index (κ1) is 11.5. The quantitative estimate of drug-likeness (QED) is 0.787. The molecule has 1 aliphatic rings. The van der Waals surface area contributed by atoms with Gasteiger partial charge in [0.05, 0.1) is 0 Å². The van der Waals surface area contributed by atoms with Crippen LogP contribution in [-0.2, 0) is 6.54 Å². The third kappa shape index (κ3) is 2.76. The molecule has 2 heteroatoms. The molecule has 0 amide bonds. The molecule has 0 radical (unpaired) electrons.